The van der Waals surface area contributed by atoms with Crippen LogP contribution in [0.4, 0.5) is 0 Å². The number of carbonyl (C=O) groups is 1. The Bertz CT molecular complexity index is 491. The molecule has 1 atom stereocenters. The Hall–Kier alpha value is -2.01. The van der Waals surface area contributed by atoms with Crippen LogP contribution in [-0.2, 0) is 9.53 Å². The summed E-state index contributed by atoms with van der Waals surface area (Å²) in [7, 11) is 0. The summed E-state index contributed by atoms with van der Waals surface area (Å²) in [6, 6.07) is 5.11. The van der Waals surface area contributed by atoms with Gasteiger partial charge in [0.05, 0.1) is 6.61 Å². The first kappa shape index (κ1) is 15.4. The summed E-state index contributed by atoms with van der Waals surface area (Å²) in [6.07, 6.45) is 4.38. The van der Waals surface area contributed by atoms with Crippen LogP contribution in [0.2, 0.25) is 0 Å². The van der Waals surface area contributed by atoms with Crippen LogP contribution in [0, 0.1) is 0 Å². The highest BCUT2D eigenvalue weighted by Gasteiger charge is 2.17. The minimum absolute atomic E-state index is 0.246. The minimum Gasteiger partial charge on any atom is -0.486 e. The number of hydrogen-bond acceptors (Lipinski definition) is 5. The molecule has 0 radical (unpaired) electrons. The van der Waals surface area contributed by atoms with Gasteiger partial charge in [-0.25, -0.2) is 0 Å². The number of hydrogen-bond donors (Lipinski definition) is 0. The van der Waals surface area contributed by atoms with Gasteiger partial charge in [-0.15, -0.1) is 0 Å². The predicted molar refractivity (Wildman–Crippen MR) is 77.7 cm³/mol. The number of benzene rings is 1. The average Bonchev–Trinajstić information content (AvgIpc) is 2.47. The van der Waals surface area contributed by atoms with E-state index < -0.39 is 5.97 Å². The Morgan fingerprint density at radius 2 is 2.29 bits per heavy atom. The van der Waals surface area contributed by atoms with Crippen molar-refractivity contribution < 1.29 is 23.7 Å². The minimum atomic E-state index is -0.412. The van der Waals surface area contributed by atoms with Crippen LogP contribution < -0.4 is 14.2 Å². The smallest absolute Gasteiger partial charge is 0.308 e. The van der Waals surface area contributed by atoms with E-state index in [1.54, 1.807) is 24.3 Å². The summed E-state index contributed by atoms with van der Waals surface area (Å²) < 4.78 is 21.9. The van der Waals surface area contributed by atoms with Crippen molar-refractivity contribution >= 4 is 5.97 Å². The third-order valence-electron chi connectivity index (χ3n) is 2.93. The molecule has 0 aliphatic carbocycles. The normalized spacial score (nSPS) is 17.9. The van der Waals surface area contributed by atoms with Crippen molar-refractivity contribution in [3.8, 4) is 17.2 Å². The van der Waals surface area contributed by atoms with Crippen molar-refractivity contribution in [2.24, 2.45) is 0 Å². The predicted octanol–water partition coefficient (Wildman–Crippen LogP) is 3.08. The van der Waals surface area contributed by atoms with Crippen molar-refractivity contribution in [3.63, 3.8) is 0 Å². The lowest BCUT2D eigenvalue weighted by molar-refractivity contribution is -0.132. The topological polar surface area (TPSA) is 54.0 Å². The molecule has 0 unspecified atom stereocenters. The maximum absolute atomic E-state index is 11.2. The van der Waals surface area contributed by atoms with E-state index in [9.17, 15) is 4.79 Å². The van der Waals surface area contributed by atoms with Crippen LogP contribution in [0.3, 0.4) is 0 Å². The molecule has 1 aliphatic rings. The van der Waals surface area contributed by atoms with E-state index in [4.69, 9.17) is 18.9 Å². The third-order valence-corrected chi connectivity index (χ3v) is 2.93. The van der Waals surface area contributed by atoms with Gasteiger partial charge >= 0.3 is 5.97 Å². The molecule has 1 fully saturated rings. The zero-order valence-corrected chi connectivity index (χ0v) is 12.2. The molecule has 1 saturated heterocycles. The van der Waals surface area contributed by atoms with Gasteiger partial charge in [0.15, 0.2) is 17.8 Å². The Kier molecular flexibility index (Phi) is 5.63. The summed E-state index contributed by atoms with van der Waals surface area (Å²) >= 11 is 0. The number of esters is 1. The van der Waals surface area contributed by atoms with Gasteiger partial charge in [0.25, 0.3) is 0 Å². The Labute approximate surface area is 124 Å². The quantitative estimate of drug-likeness (QED) is 0.458. The molecule has 114 valence electrons. The molecule has 1 heterocycles. The molecular formula is C16H20O5. The van der Waals surface area contributed by atoms with E-state index in [-0.39, 0.29) is 6.29 Å². The largest absolute Gasteiger partial charge is 0.486 e. The molecule has 1 aromatic carbocycles. The van der Waals surface area contributed by atoms with Gasteiger partial charge in [0.1, 0.15) is 12.4 Å². The summed E-state index contributed by atoms with van der Waals surface area (Å²) in [6.45, 7) is 5.97. The molecule has 0 N–H and O–H groups in total. The number of ether oxygens (including phenoxy) is 4. The van der Waals surface area contributed by atoms with Crippen LogP contribution in [0.25, 0.3) is 0 Å². The fourth-order valence-corrected chi connectivity index (χ4v) is 2.02. The average molecular weight is 292 g/mol. The van der Waals surface area contributed by atoms with Gasteiger partial charge in [0, 0.05) is 19.4 Å². The van der Waals surface area contributed by atoms with E-state index in [0.717, 1.165) is 19.3 Å². The zero-order chi connectivity index (χ0) is 15.1. The summed E-state index contributed by atoms with van der Waals surface area (Å²) in [5, 5.41) is 0. The molecule has 1 aliphatic heterocycles. The van der Waals surface area contributed by atoms with E-state index >= 15 is 0 Å². The van der Waals surface area contributed by atoms with Crippen molar-refractivity contribution in [3.05, 3.63) is 30.9 Å². The maximum atomic E-state index is 11.2. The third kappa shape index (κ3) is 4.79. The molecule has 0 amide bonds. The first-order valence-corrected chi connectivity index (χ1v) is 7.03. The molecule has 5 heteroatoms. The van der Waals surface area contributed by atoms with E-state index in [1.165, 1.54) is 6.92 Å². The van der Waals surface area contributed by atoms with E-state index in [1.807, 2.05) is 0 Å². The van der Waals surface area contributed by atoms with Crippen molar-refractivity contribution in [1.82, 2.24) is 0 Å². The highest BCUT2D eigenvalue weighted by molar-refractivity contribution is 5.70. The molecule has 21 heavy (non-hydrogen) atoms. The first-order chi connectivity index (χ1) is 10.2. The second kappa shape index (κ2) is 7.69. The highest BCUT2D eigenvalue weighted by Crippen LogP contribution is 2.33. The monoisotopic (exact) mass is 292 g/mol. The lowest BCUT2D eigenvalue weighted by atomic mass is 10.2. The van der Waals surface area contributed by atoms with E-state index in [0.29, 0.717) is 30.5 Å². The molecule has 5 nitrogen and oxygen atoms in total. The first-order valence-electron chi connectivity index (χ1n) is 7.03. The molecular weight excluding hydrogens is 272 g/mol. The molecule has 0 bridgehead atoms. The fourth-order valence-electron chi connectivity index (χ4n) is 2.02. The fraction of sp³-hybridized carbons (Fsp3) is 0.438. The maximum Gasteiger partial charge on any atom is 0.308 e. The van der Waals surface area contributed by atoms with Gasteiger partial charge in [0.2, 0.25) is 0 Å². The zero-order valence-electron chi connectivity index (χ0n) is 12.2. The Morgan fingerprint density at radius 3 is 2.95 bits per heavy atom. The Morgan fingerprint density at radius 1 is 1.43 bits per heavy atom. The lowest BCUT2D eigenvalue weighted by Gasteiger charge is -2.23. The van der Waals surface area contributed by atoms with Crippen LogP contribution in [0.15, 0.2) is 30.9 Å². The molecule has 0 spiro atoms. The van der Waals surface area contributed by atoms with Gasteiger partial charge in [-0.1, -0.05) is 12.7 Å². The number of carbonyl (C=O) groups excluding carboxylic acids is 1. The van der Waals surface area contributed by atoms with Crippen molar-refractivity contribution in [1.29, 1.82) is 0 Å². The van der Waals surface area contributed by atoms with Gasteiger partial charge in [-0.3, -0.25) is 4.79 Å². The second-order valence-electron chi connectivity index (χ2n) is 4.72. The second-order valence-corrected chi connectivity index (χ2v) is 4.72. The molecule has 2 rings (SSSR count). The Balaban J connectivity index is 2.10. The van der Waals surface area contributed by atoms with Crippen molar-refractivity contribution in [2.75, 3.05) is 13.2 Å². The molecule has 0 saturated carbocycles. The molecule has 0 aromatic heterocycles. The van der Waals surface area contributed by atoms with Gasteiger partial charge in [-0.2, -0.15) is 0 Å². The van der Waals surface area contributed by atoms with Crippen LogP contribution in [0.1, 0.15) is 26.2 Å². The summed E-state index contributed by atoms with van der Waals surface area (Å²) in [5.74, 6) is 0.980. The lowest BCUT2D eigenvalue weighted by Crippen LogP contribution is -2.25. The van der Waals surface area contributed by atoms with Gasteiger partial charge in [-0.05, 0) is 25.0 Å². The highest BCUT2D eigenvalue weighted by atomic mass is 16.7. The summed E-state index contributed by atoms with van der Waals surface area (Å²) in [4.78, 5) is 11.2. The number of rotatable bonds is 6. The van der Waals surface area contributed by atoms with Gasteiger partial charge < -0.3 is 18.9 Å². The van der Waals surface area contributed by atoms with Crippen molar-refractivity contribution in [2.45, 2.75) is 32.5 Å². The molecule has 1 aromatic rings. The van der Waals surface area contributed by atoms with Crippen LogP contribution in [-0.4, -0.2) is 25.5 Å². The van der Waals surface area contributed by atoms with Crippen LogP contribution >= 0.6 is 0 Å². The standard InChI is InChI=1S/C16H20O5/c1-3-9-18-14-8-7-13(11-15(14)20-12(2)17)21-16-6-4-5-10-19-16/h3,7-8,11,16H,1,4-6,9-10H2,2H3/t16-/m0/s1. The van der Waals surface area contributed by atoms with Crippen LogP contribution in [0.5, 0.6) is 17.2 Å². The SMILES string of the molecule is C=CCOc1ccc(O[C@H]2CCCCO2)cc1OC(C)=O. The van der Waals surface area contributed by atoms with E-state index in [2.05, 4.69) is 6.58 Å². The summed E-state index contributed by atoms with van der Waals surface area (Å²) in [5.41, 5.74) is 0.